The van der Waals surface area contributed by atoms with Crippen molar-refractivity contribution in [2.24, 2.45) is 0 Å². The van der Waals surface area contributed by atoms with Crippen molar-refractivity contribution in [3.63, 3.8) is 0 Å². The minimum Gasteiger partial charge on any atom is -0.394 e. The van der Waals surface area contributed by atoms with Crippen LogP contribution in [0.3, 0.4) is 0 Å². The number of morpholine rings is 1. The number of hydrogen-bond acceptors (Lipinski definition) is 4. The number of aliphatic hydroxyl groups excluding tert-OH is 1. The van der Waals surface area contributed by atoms with Crippen LogP contribution < -0.4 is 10.2 Å². The zero-order valence-corrected chi connectivity index (χ0v) is 12.9. The van der Waals surface area contributed by atoms with E-state index in [1.807, 2.05) is 12.1 Å². The average molecular weight is 299 g/mol. The first-order valence-electron chi connectivity index (χ1n) is 7.09. The minimum atomic E-state index is 0.0000154. The van der Waals surface area contributed by atoms with Crippen molar-refractivity contribution in [2.75, 3.05) is 31.3 Å². The van der Waals surface area contributed by atoms with Crippen LogP contribution in [0.2, 0.25) is 5.02 Å². The number of ether oxygens (including phenoxy) is 1. The topological polar surface area (TPSA) is 44.7 Å². The molecule has 5 heteroatoms. The van der Waals surface area contributed by atoms with Crippen molar-refractivity contribution in [3.05, 3.63) is 28.8 Å². The number of rotatable bonds is 5. The lowest BCUT2D eigenvalue weighted by atomic mass is 10.1. The summed E-state index contributed by atoms with van der Waals surface area (Å²) in [5.74, 6) is 0. The maximum Gasteiger partial charge on any atom is 0.0755 e. The summed E-state index contributed by atoms with van der Waals surface area (Å²) in [7, 11) is 0. The lowest BCUT2D eigenvalue weighted by Crippen LogP contribution is -2.48. The van der Waals surface area contributed by atoms with Gasteiger partial charge < -0.3 is 20.1 Å². The normalized spacial score (nSPS) is 19.6. The van der Waals surface area contributed by atoms with E-state index in [4.69, 9.17) is 16.3 Å². The van der Waals surface area contributed by atoms with Gasteiger partial charge in [0.1, 0.15) is 0 Å². The van der Waals surface area contributed by atoms with Gasteiger partial charge in [-0.3, -0.25) is 0 Å². The molecule has 2 rings (SSSR count). The third-order valence-corrected chi connectivity index (χ3v) is 3.88. The molecular formula is C15H23ClN2O2. The number of nitrogens with one attached hydrogen (secondary N) is 1. The molecule has 0 radical (unpaired) electrons. The lowest BCUT2D eigenvalue weighted by Gasteiger charge is -2.37. The van der Waals surface area contributed by atoms with Crippen molar-refractivity contribution < 1.29 is 9.84 Å². The molecule has 1 aliphatic heterocycles. The molecule has 0 amide bonds. The van der Waals surface area contributed by atoms with Crippen LogP contribution in [0, 0.1) is 0 Å². The van der Waals surface area contributed by atoms with Crippen molar-refractivity contribution in [1.29, 1.82) is 0 Å². The molecule has 112 valence electrons. The molecule has 0 spiro atoms. The predicted molar refractivity (Wildman–Crippen MR) is 82.5 cm³/mol. The monoisotopic (exact) mass is 298 g/mol. The maximum absolute atomic E-state index is 9.53. The molecule has 0 aromatic heterocycles. The Morgan fingerprint density at radius 3 is 3.00 bits per heavy atom. The SMILES string of the molecule is CC(C)NCc1c(Cl)cccc1N1CCOCC1CO. The molecule has 1 aromatic rings. The molecule has 1 aliphatic rings. The van der Waals surface area contributed by atoms with Gasteiger partial charge in [0, 0.05) is 35.4 Å². The minimum absolute atomic E-state index is 0.0000154. The van der Waals surface area contributed by atoms with Gasteiger partial charge in [-0.25, -0.2) is 0 Å². The average Bonchev–Trinajstić information content (AvgIpc) is 2.45. The molecule has 0 saturated carbocycles. The quantitative estimate of drug-likeness (QED) is 0.873. The lowest BCUT2D eigenvalue weighted by molar-refractivity contribution is 0.0726. The van der Waals surface area contributed by atoms with E-state index in [0.29, 0.717) is 19.3 Å². The Morgan fingerprint density at radius 1 is 1.50 bits per heavy atom. The molecule has 1 fully saturated rings. The summed E-state index contributed by atoms with van der Waals surface area (Å²) >= 11 is 6.36. The van der Waals surface area contributed by atoms with Crippen molar-refractivity contribution in [2.45, 2.75) is 32.5 Å². The number of hydrogen-bond donors (Lipinski definition) is 2. The van der Waals surface area contributed by atoms with Crippen molar-refractivity contribution in [1.82, 2.24) is 5.32 Å². The number of halogens is 1. The molecule has 1 heterocycles. The van der Waals surface area contributed by atoms with E-state index >= 15 is 0 Å². The highest BCUT2D eigenvalue weighted by atomic mass is 35.5. The summed E-state index contributed by atoms with van der Waals surface area (Å²) in [6.45, 7) is 7.05. The van der Waals surface area contributed by atoms with Crippen LogP contribution in [0.4, 0.5) is 5.69 Å². The van der Waals surface area contributed by atoms with Crippen LogP contribution in [0.1, 0.15) is 19.4 Å². The van der Waals surface area contributed by atoms with Gasteiger partial charge in [0.05, 0.1) is 25.9 Å². The van der Waals surface area contributed by atoms with E-state index in [2.05, 4.69) is 30.1 Å². The number of nitrogens with zero attached hydrogens (tertiary/aromatic N) is 1. The molecule has 0 bridgehead atoms. The van der Waals surface area contributed by atoms with Gasteiger partial charge in [-0.2, -0.15) is 0 Å². The first-order chi connectivity index (χ1) is 9.63. The van der Waals surface area contributed by atoms with E-state index in [1.54, 1.807) is 0 Å². The Balaban J connectivity index is 2.27. The summed E-state index contributed by atoms with van der Waals surface area (Å²) in [6.07, 6.45) is 0. The number of aliphatic hydroxyl groups is 1. The fourth-order valence-corrected chi connectivity index (χ4v) is 2.66. The van der Waals surface area contributed by atoms with Crippen LogP contribution >= 0.6 is 11.6 Å². The van der Waals surface area contributed by atoms with Crippen LogP contribution in [0.25, 0.3) is 0 Å². The van der Waals surface area contributed by atoms with Crippen molar-refractivity contribution >= 4 is 17.3 Å². The third-order valence-electron chi connectivity index (χ3n) is 3.53. The van der Waals surface area contributed by atoms with E-state index in [-0.39, 0.29) is 12.6 Å². The second-order valence-electron chi connectivity index (χ2n) is 5.38. The third kappa shape index (κ3) is 3.64. The molecular weight excluding hydrogens is 276 g/mol. The standard InChI is InChI=1S/C15H23ClN2O2/c1-11(2)17-8-13-14(16)4-3-5-15(13)18-6-7-20-10-12(18)9-19/h3-5,11-12,17,19H,6-10H2,1-2H3. The smallest absolute Gasteiger partial charge is 0.0755 e. The van der Waals surface area contributed by atoms with Crippen LogP contribution in [0.5, 0.6) is 0 Å². The fourth-order valence-electron chi connectivity index (χ4n) is 2.42. The van der Waals surface area contributed by atoms with E-state index in [1.165, 1.54) is 0 Å². The van der Waals surface area contributed by atoms with Crippen molar-refractivity contribution in [3.8, 4) is 0 Å². The first kappa shape index (κ1) is 15.6. The van der Waals surface area contributed by atoms with Gasteiger partial charge in [0.25, 0.3) is 0 Å². The van der Waals surface area contributed by atoms with Gasteiger partial charge in [0.2, 0.25) is 0 Å². The zero-order chi connectivity index (χ0) is 14.5. The van der Waals surface area contributed by atoms with Gasteiger partial charge in [-0.1, -0.05) is 31.5 Å². The summed E-state index contributed by atoms with van der Waals surface area (Å²) in [4.78, 5) is 2.20. The van der Waals surface area contributed by atoms with Gasteiger partial charge in [0.15, 0.2) is 0 Å². The maximum atomic E-state index is 9.53. The highest BCUT2D eigenvalue weighted by Gasteiger charge is 2.25. The fraction of sp³-hybridized carbons (Fsp3) is 0.600. The number of anilines is 1. The predicted octanol–water partition coefficient (Wildman–Crippen LogP) is 2.04. The Morgan fingerprint density at radius 2 is 2.30 bits per heavy atom. The molecule has 1 unspecified atom stereocenters. The molecule has 0 aliphatic carbocycles. The van der Waals surface area contributed by atoms with E-state index in [0.717, 1.165) is 29.4 Å². The number of benzene rings is 1. The highest BCUT2D eigenvalue weighted by molar-refractivity contribution is 6.31. The molecule has 20 heavy (non-hydrogen) atoms. The molecule has 2 N–H and O–H groups in total. The largest absolute Gasteiger partial charge is 0.394 e. The van der Waals surface area contributed by atoms with Crippen LogP contribution in [-0.4, -0.2) is 43.6 Å². The Kier molecular flexibility index (Phi) is 5.66. The summed E-state index contributed by atoms with van der Waals surface area (Å²) in [5.41, 5.74) is 2.18. The van der Waals surface area contributed by atoms with E-state index < -0.39 is 0 Å². The zero-order valence-electron chi connectivity index (χ0n) is 12.1. The van der Waals surface area contributed by atoms with Gasteiger partial charge >= 0.3 is 0 Å². The van der Waals surface area contributed by atoms with Gasteiger partial charge in [-0.15, -0.1) is 0 Å². The molecule has 1 atom stereocenters. The Bertz CT molecular complexity index is 440. The van der Waals surface area contributed by atoms with E-state index in [9.17, 15) is 5.11 Å². The Hall–Kier alpha value is -0.810. The van der Waals surface area contributed by atoms with Crippen LogP contribution in [0.15, 0.2) is 18.2 Å². The second-order valence-corrected chi connectivity index (χ2v) is 5.79. The Labute approximate surface area is 125 Å². The molecule has 1 aromatic carbocycles. The summed E-state index contributed by atoms with van der Waals surface area (Å²) in [5, 5.41) is 13.7. The highest BCUT2D eigenvalue weighted by Crippen LogP contribution is 2.30. The van der Waals surface area contributed by atoms with Crippen LogP contribution in [-0.2, 0) is 11.3 Å². The molecule has 4 nitrogen and oxygen atoms in total. The molecule has 1 saturated heterocycles. The summed E-state index contributed by atoms with van der Waals surface area (Å²) < 4.78 is 5.44. The summed E-state index contributed by atoms with van der Waals surface area (Å²) in [6, 6.07) is 6.34. The second kappa shape index (κ2) is 7.27. The van der Waals surface area contributed by atoms with Gasteiger partial charge in [-0.05, 0) is 12.1 Å². The first-order valence-corrected chi connectivity index (χ1v) is 7.47.